The van der Waals surface area contributed by atoms with Crippen LogP contribution < -0.4 is 10.6 Å². The summed E-state index contributed by atoms with van der Waals surface area (Å²) < 4.78 is 66.6. The molecule has 0 spiro atoms. The number of aliphatic imine (C=N–C) groups is 1. The Hall–Kier alpha value is -1.12. The van der Waals surface area contributed by atoms with E-state index in [4.69, 9.17) is 4.74 Å². The van der Waals surface area contributed by atoms with Crippen molar-refractivity contribution >= 4 is 40.0 Å². The molecule has 1 aliphatic rings. The van der Waals surface area contributed by atoms with Crippen LogP contribution in [0.3, 0.4) is 0 Å². The standard InChI is InChI=1S/C18H27F3N4O3S.HI/c1-22-17(24-12-15-5-3-4-6-16(15)13-28-2)23-11-14-7-9-25(10-8-14)29(26,27)18(19,20)21;/h3-6,14H,7-13H2,1-2H3,(H2,22,23,24);1H. The number of sulfonamides is 1. The predicted octanol–water partition coefficient (Wildman–Crippen LogP) is 2.68. The summed E-state index contributed by atoms with van der Waals surface area (Å²) in [5.74, 6) is 0.636. The highest BCUT2D eigenvalue weighted by molar-refractivity contribution is 14.0. The Labute approximate surface area is 192 Å². The number of nitrogens with zero attached hydrogens (tertiary/aromatic N) is 2. The van der Waals surface area contributed by atoms with Crippen molar-refractivity contribution < 1.29 is 26.3 Å². The van der Waals surface area contributed by atoms with Gasteiger partial charge in [-0.05, 0) is 29.9 Å². The molecule has 0 aliphatic carbocycles. The number of alkyl halides is 3. The van der Waals surface area contributed by atoms with E-state index in [2.05, 4.69) is 15.6 Å². The summed E-state index contributed by atoms with van der Waals surface area (Å²) >= 11 is 0. The van der Waals surface area contributed by atoms with Gasteiger partial charge in [0.25, 0.3) is 0 Å². The largest absolute Gasteiger partial charge is 0.511 e. The molecule has 1 aromatic carbocycles. The first kappa shape index (κ1) is 26.9. The Balaban J connectivity index is 0.00000450. The van der Waals surface area contributed by atoms with Crippen LogP contribution >= 0.6 is 24.0 Å². The van der Waals surface area contributed by atoms with Crippen LogP contribution in [0.15, 0.2) is 29.3 Å². The molecule has 0 aromatic heterocycles. The van der Waals surface area contributed by atoms with E-state index in [-0.39, 0.29) is 43.0 Å². The molecular weight excluding hydrogens is 536 g/mol. The van der Waals surface area contributed by atoms with Crippen molar-refractivity contribution in [3.8, 4) is 0 Å². The summed E-state index contributed by atoms with van der Waals surface area (Å²) in [5, 5.41) is 6.37. The zero-order chi connectivity index (χ0) is 21.5. The molecular formula is C18H28F3IN4O3S. The molecule has 0 atom stereocenters. The van der Waals surface area contributed by atoms with Gasteiger partial charge in [-0.15, -0.1) is 24.0 Å². The Morgan fingerprint density at radius 1 is 1.20 bits per heavy atom. The molecule has 2 N–H and O–H groups in total. The van der Waals surface area contributed by atoms with Crippen molar-refractivity contribution in [2.75, 3.05) is 33.8 Å². The molecule has 1 fully saturated rings. The van der Waals surface area contributed by atoms with Crippen LogP contribution in [0.4, 0.5) is 13.2 Å². The molecule has 0 unspecified atom stereocenters. The summed E-state index contributed by atoms with van der Waals surface area (Å²) in [4.78, 5) is 4.16. The number of nitrogens with one attached hydrogen (secondary N) is 2. The third kappa shape index (κ3) is 7.24. The molecule has 1 aliphatic heterocycles. The lowest BCUT2D eigenvalue weighted by Gasteiger charge is -2.31. The van der Waals surface area contributed by atoms with Gasteiger partial charge in [-0.25, -0.2) is 8.42 Å². The monoisotopic (exact) mass is 564 g/mol. The number of guanidine groups is 1. The second kappa shape index (κ2) is 12.1. The van der Waals surface area contributed by atoms with Gasteiger partial charge in [0.05, 0.1) is 6.61 Å². The quantitative estimate of drug-likeness (QED) is 0.303. The van der Waals surface area contributed by atoms with Crippen molar-refractivity contribution in [1.29, 1.82) is 0 Å². The maximum absolute atomic E-state index is 12.6. The molecule has 0 bridgehead atoms. The minimum absolute atomic E-state index is 0. The Morgan fingerprint density at radius 2 is 1.80 bits per heavy atom. The Kier molecular flexibility index (Phi) is 10.8. The van der Waals surface area contributed by atoms with Gasteiger partial charge in [0.2, 0.25) is 0 Å². The lowest BCUT2D eigenvalue weighted by molar-refractivity contribution is -0.0496. The fraction of sp³-hybridized carbons (Fsp3) is 0.611. The van der Waals surface area contributed by atoms with Gasteiger partial charge in [0.15, 0.2) is 5.96 Å². The van der Waals surface area contributed by atoms with Crippen molar-refractivity contribution in [2.45, 2.75) is 31.5 Å². The smallest absolute Gasteiger partial charge is 0.380 e. The summed E-state index contributed by atoms with van der Waals surface area (Å²) in [7, 11) is -1.97. The van der Waals surface area contributed by atoms with Crippen LogP contribution in [0.25, 0.3) is 0 Å². The number of piperidine rings is 1. The molecule has 12 heteroatoms. The first-order chi connectivity index (χ1) is 13.7. The van der Waals surface area contributed by atoms with E-state index in [1.165, 1.54) is 0 Å². The normalized spacial score (nSPS) is 16.8. The fourth-order valence-electron chi connectivity index (χ4n) is 3.17. The number of hydrogen-bond donors (Lipinski definition) is 2. The van der Waals surface area contributed by atoms with E-state index < -0.39 is 15.5 Å². The highest BCUT2D eigenvalue weighted by Crippen LogP contribution is 2.30. The summed E-state index contributed by atoms with van der Waals surface area (Å²) in [6, 6.07) is 7.86. The lowest BCUT2D eigenvalue weighted by atomic mass is 9.98. The first-order valence-corrected chi connectivity index (χ1v) is 10.7. The maximum atomic E-state index is 12.6. The first-order valence-electron chi connectivity index (χ1n) is 9.25. The number of halogens is 4. The van der Waals surface area contributed by atoms with Gasteiger partial charge >= 0.3 is 15.5 Å². The van der Waals surface area contributed by atoms with E-state index in [1.54, 1.807) is 14.2 Å². The van der Waals surface area contributed by atoms with Gasteiger partial charge in [-0.2, -0.15) is 17.5 Å². The van der Waals surface area contributed by atoms with Gasteiger partial charge in [-0.1, -0.05) is 24.3 Å². The molecule has 172 valence electrons. The van der Waals surface area contributed by atoms with Crippen molar-refractivity contribution in [3.05, 3.63) is 35.4 Å². The van der Waals surface area contributed by atoms with Crippen molar-refractivity contribution in [1.82, 2.24) is 14.9 Å². The molecule has 1 heterocycles. The molecule has 1 aromatic rings. The molecule has 30 heavy (non-hydrogen) atoms. The number of methoxy groups -OCH3 is 1. The predicted molar refractivity (Wildman–Crippen MR) is 120 cm³/mol. The van der Waals surface area contributed by atoms with E-state index in [9.17, 15) is 21.6 Å². The van der Waals surface area contributed by atoms with Gasteiger partial charge in [-0.3, -0.25) is 4.99 Å². The molecule has 0 saturated carbocycles. The summed E-state index contributed by atoms with van der Waals surface area (Å²) in [6.45, 7) is 1.28. The highest BCUT2D eigenvalue weighted by Gasteiger charge is 2.50. The molecule has 7 nitrogen and oxygen atoms in total. The van der Waals surface area contributed by atoms with Crippen molar-refractivity contribution in [3.63, 3.8) is 0 Å². The second-order valence-corrected chi connectivity index (χ2v) is 8.73. The average molecular weight is 564 g/mol. The molecule has 0 radical (unpaired) electrons. The summed E-state index contributed by atoms with van der Waals surface area (Å²) in [5.41, 5.74) is -3.11. The molecule has 1 saturated heterocycles. The number of ether oxygens (including phenoxy) is 1. The van der Waals surface area contributed by atoms with Gasteiger partial charge in [0.1, 0.15) is 0 Å². The third-order valence-corrected chi connectivity index (χ3v) is 6.48. The van der Waals surface area contributed by atoms with Crippen LogP contribution in [0.5, 0.6) is 0 Å². The number of benzene rings is 1. The van der Waals surface area contributed by atoms with E-state index >= 15 is 0 Å². The van der Waals surface area contributed by atoms with E-state index in [0.29, 0.717) is 42.8 Å². The Bertz CT molecular complexity index is 798. The minimum Gasteiger partial charge on any atom is -0.380 e. The Morgan fingerprint density at radius 3 is 2.33 bits per heavy atom. The maximum Gasteiger partial charge on any atom is 0.511 e. The van der Waals surface area contributed by atoms with Crippen LogP contribution in [0.2, 0.25) is 0 Å². The fourth-order valence-corrected chi connectivity index (χ4v) is 4.15. The minimum atomic E-state index is -5.25. The van der Waals surface area contributed by atoms with Crippen LogP contribution in [-0.2, 0) is 27.9 Å². The molecule has 2 rings (SSSR count). The topological polar surface area (TPSA) is 83.0 Å². The van der Waals surface area contributed by atoms with Crippen molar-refractivity contribution in [2.24, 2.45) is 10.9 Å². The van der Waals surface area contributed by atoms with Crippen LogP contribution in [0.1, 0.15) is 24.0 Å². The van der Waals surface area contributed by atoms with E-state index in [0.717, 1.165) is 11.1 Å². The second-order valence-electron chi connectivity index (χ2n) is 6.80. The highest BCUT2D eigenvalue weighted by atomic mass is 127. The number of hydrogen-bond acceptors (Lipinski definition) is 4. The van der Waals surface area contributed by atoms with E-state index in [1.807, 2.05) is 24.3 Å². The third-order valence-electron chi connectivity index (χ3n) is 4.85. The SMILES string of the molecule is CN=C(NCc1ccccc1COC)NCC1CCN(S(=O)(=O)C(F)(F)F)CC1.I. The summed E-state index contributed by atoms with van der Waals surface area (Å²) in [6.07, 6.45) is 0.714. The zero-order valence-corrected chi connectivity index (χ0v) is 20.1. The lowest BCUT2D eigenvalue weighted by Crippen LogP contribution is -2.47. The van der Waals surface area contributed by atoms with Crippen LogP contribution in [-0.4, -0.2) is 58.0 Å². The van der Waals surface area contributed by atoms with Gasteiger partial charge < -0.3 is 15.4 Å². The number of rotatable bonds is 7. The zero-order valence-electron chi connectivity index (χ0n) is 16.9. The van der Waals surface area contributed by atoms with Gasteiger partial charge in [0, 0.05) is 40.3 Å². The molecule has 0 amide bonds. The van der Waals surface area contributed by atoms with Crippen LogP contribution in [0, 0.1) is 5.92 Å². The average Bonchev–Trinajstić information content (AvgIpc) is 2.69.